The fraction of sp³-hybridized carbons (Fsp3) is 0.250. The highest BCUT2D eigenvalue weighted by Crippen LogP contribution is 2.20. The standard InChI is InChI=1S/C8H8ClFO/c1-11-8-4-7(10)3-2-6(8)5-9/h2-4H,5H2,1H3. The zero-order valence-electron chi connectivity index (χ0n) is 6.10. The van der Waals surface area contributed by atoms with Gasteiger partial charge in [-0.05, 0) is 6.07 Å². The topological polar surface area (TPSA) is 9.23 Å². The Balaban J connectivity index is 3.06. The maximum Gasteiger partial charge on any atom is 0.126 e. The van der Waals surface area contributed by atoms with E-state index in [-0.39, 0.29) is 5.82 Å². The average Bonchev–Trinajstić information content (AvgIpc) is 2.04. The van der Waals surface area contributed by atoms with Gasteiger partial charge in [-0.3, -0.25) is 0 Å². The monoisotopic (exact) mass is 174 g/mol. The number of rotatable bonds is 2. The Bertz CT molecular complexity index is 250. The van der Waals surface area contributed by atoms with Gasteiger partial charge in [-0.15, -0.1) is 11.6 Å². The average molecular weight is 175 g/mol. The lowest BCUT2D eigenvalue weighted by molar-refractivity contribution is 0.407. The second kappa shape index (κ2) is 3.58. The van der Waals surface area contributed by atoms with E-state index in [1.165, 1.54) is 19.2 Å². The zero-order valence-corrected chi connectivity index (χ0v) is 6.86. The lowest BCUT2D eigenvalue weighted by Gasteiger charge is -2.04. The second-order valence-electron chi connectivity index (χ2n) is 2.09. The van der Waals surface area contributed by atoms with Gasteiger partial charge in [0.1, 0.15) is 11.6 Å². The van der Waals surface area contributed by atoms with E-state index in [1.807, 2.05) is 0 Å². The van der Waals surface area contributed by atoms with Crippen molar-refractivity contribution in [2.45, 2.75) is 5.88 Å². The van der Waals surface area contributed by atoms with Gasteiger partial charge in [0.2, 0.25) is 0 Å². The molecule has 0 N–H and O–H groups in total. The molecule has 3 heteroatoms. The molecule has 0 unspecified atom stereocenters. The minimum Gasteiger partial charge on any atom is -0.496 e. The molecule has 0 spiro atoms. The van der Waals surface area contributed by atoms with Crippen LogP contribution >= 0.6 is 11.6 Å². The normalized spacial score (nSPS) is 9.73. The predicted octanol–water partition coefficient (Wildman–Crippen LogP) is 2.57. The van der Waals surface area contributed by atoms with E-state index in [0.717, 1.165) is 5.56 Å². The molecule has 0 aliphatic rings. The van der Waals surface area contributed by atoms with E-state index in [0.29, 0.717) is 11.6 Å². The van der Waals surface area contributed by atoms with Gasteiger partial charge in [0.25, 0.3) is 0 Å². The molecular formula is C8H8ClFO. The largest absolute Gasteiger partial charge is 0.496 e. The number of halogens is 2. The molecule has 0 fully saturated rings. The summed E-state index contributed by atoms with van der Waals surface area (Å²) in [5.74, 6) is 0.527. The van der Waals surface area contributed by atoms with Gasteiger partial charge in [0, 0.05) is 11.6 Å². The smallest absolute Gasteiger partial charge is 0.126 e. The van der Waals surface area contributed by atoms with Crippen molar-refractivity contribution in [2.75, 3.05) is 7.11 Å². The Kier molecular flexibility index (Phi) is 2.71. The molecule has 0 saturated carbocycles. The molecule has 1 rings (SSSR count). The van der Waals surface area contributed by atoms with E-state index in [1.54, 1.807) is 6.07 Å². The zero-order chi connectivity index (χ0) is 8.27. The summed E-state index contributed by atoms with van der Waals surface area (Å²) in [7, 11) is 1.49. The van der Waals surface area contributed by atoms with Crippen LogP contribution in [-0.4, -0.2) is 7.11 Å². The lowest BCUT2D eigenvalue weighted by Crippen LogP contribution is -1.89. The van der Waals surface area contributed by atoms with Crippen molar-refractivity contribution >= 4 is 11.6 Å². The highest BCUT2D eigenvalue weighted by Gasteiger charge is 2.01. The first kappa shape index (κ1) is 8.34. The first-order valence-corrected chi connectivity index (χ1v) is 3.69. The molecule has 1 aromatic rings. The molecular weight excluding hydrogens is 167 g/mol. The minimum atomic E-state index is -0.310. The molecule has 1 nitrogen and oxygen atoms in total. The van der Waals surface area contributed by atoms with Crippen LogP contribution in [0.2, 0.25) is 0 Å². The Hall–Kier alpha value is -0.760. The first-order valence-electron chi connectivity index (χ1n) is 3.16. The minimum absolute atomic E-state index is 0.310. The fourth-order valence-electron chi connectivity index (χ4n) is 0.829. The van der Waals surface area contributed by atoms with Gasteiger partial charge in [-0.1, -0.05) is 6.07 Å². The van der Waals surface area contributed by atoms with E-state index in [2.05, 4.69) is 0 Å². The second-order valence-corrected chi connectivity index (χ2v) is 2.36. The molecule has 0 saturated heterocycles. The van der Waals surface area contributed by atoms with E-state index in [9.17, 15) is 4.39 Å². The number of hydrogen-bond donors (Lipinski definition) is 0. The summed E-state index contributed by atoms with van der Waals surface area (Å²) in [6.07, 6.45) is 0. The number of hydrogen-bond acceptors (Lipinski definition) is 1. The fourth-order valence-corrected chi connectivity index (χ4v) is 1.05. The van der Waals surface area contributed by atoms with Crippen molar-refractivity contribution in [3.05, 3.63) is 29.6 Å². The van der Waals surface area contributed by atoms with Gasteiger partial charge in [-0.25, -0.2) is 4.39 Å². The van der Waals surface area contributed by atoms with E-state index < -0.39 is 0 Å². The van der Waals surface area contributed by atoms with Crippen molar-refractivity contribution < 1.29 is 9.13 Å². The quantitative estimate of drug-likeness (QED) is 0.627. The number of benzene rings is 1. The Labute approximate surface area is 69.7 Å². The molecule has 11 heavy (non-hydrogen) atoms. The van der Waals surface area contributed by atoms with Gasteiger partial charge < -0.3 is 4.74 Å². The van der Waals surface area contributed by atoms with Crippen LogP contribution in [0.15, 0.2) is 18.2 Å². The van der Waals surface area contributed by atoms with Crippen molar-refractivity contribution in [1.29, 1.82) is 0 Å². The van der Waals surface area contributed by atoms with Crippen LogP contribution in [0, 0.1) is 5.82 Å². The van der Waals surface area contributed by atoms with Crippen LogP contribution in [0.5, 0.6) is 5.75 Å². The molecule has 60 valence electrons. The SMILES string of the molecule is COc1cc(F)ccc1CCl. The maximum atomic E-state index is 12.5. The summed E-state index contributed by atoms with van der Waals surface area (Å²) in [5, 5.41) is 0. The molecule has 0 heterocycles. The van der Waals surface area contributed by atoms with Crippen LogP contribution in [-0.2, 0) is 5.88 Å². The van der Waals surface area contributed by atoms with Crippen molar-refractivity contribution in [3.63, 3.8) is 0 Å². The Morgan fingerprint density at radius 1 is 1.55 bits per heavy atom. The number of alkyl halides is 1. The van der Waals surface area contributed by atoms with Gasteiger partial charge in [0.05, 0.1) is 13.0 Å². The molecule has 0 radical (unpaired) electrons. The molecule has 0 atom stereocenters. The molecule has 0 aliphatic heterocycles. The third kappa shape index (κ3) is 1.84. The molecule has 0 aromatic heterocycles. The predicted molar refractivity (Wildman–Crippen MR) is 42.5 cm³/mol. The van der Waals surface area contributed by atoms with Crippen molar-refractivity contribution in [2.24, 2.45) is 0 Å². The molecule has 0 bridgehead atoms. The van der Waals surface area contributed by atoms with Crippen LogP contribution < -0.4 is 4.74 Å². The summed E-state index contributed by atoms with van der Waals surface area (Å²) >= 11 is 5.56. The van der Waals surface area contributed by atoms with Gasteiger partial charge >= 0.3 is 0 Å². The van der Waals surface area contributed by atoms with Crippen LogP contribution in [0.3, 0.4) is 0 Å². The van der Waals surface area contributed by atoms with Crippen molar-refractivity contribution in [3.8, 4) is 5.75 Å². The molecule has 0 aliphatic carbocycles. The maximum absolute atomic E-state index is 12.5. The summed E-state index contributed by atoms with van der Waals surface area (Å²) in [5.41, 5.74) is 0.801. The third-order valence-electron chi connectivity index (χ3n) is 1.39. The summed E-state index contributed by atoms with van der Waals surface area (Å²) in [4.78, 5) is 0. The van der Waals surface area contributed by atoms with Gasteiger partial charge in [0.15, 0.2) is 0 Å². The number of ether oxygens (including phenoxy) is 1. The van der Waals surface area contributed by atoms with Crippen LogP contribution in [0.1, 0.15) is 5.56 Å². The Morgan fingerprint density at radius 2 is 2.27 bits per heavy atom. The third-order valence-corrected chi connectivity index (χ3v) is 1.68. The lowest BCUT2D eigenvalue weighted by atomic mass is 10.2. The van der Waals surface area contributed by atoms with Gasteiger partial charge in [-0.2, -0.15) is 0 Å². The molecule has 0 amide bonds. The highest BCUT2D eigenvalue weighted by molar-refractivity contribution is 6.17. The van der Waals surface area contributed by atoms with Crippen LogP contribution in [0.4, 0.5) is 4.39 Å². The van der Waals surface area contributed by atoms with E-state index in [4.69, 9.17) is 16.3 Å². The van der Waals surface area contributed by atoms with Crippen LogP contribution in [0.25, 0.3) is 0 Å². The summed E-state index contributed by atoms with van der Waals surface area (Å²) in [6.45, 7) is 0. The summed E-state index contributed by atoms with van der Waals surface area (Å²) < 4.78 is 17.4. The van der Waals surface area contributed by atoms with E-state index >= 15 is 0 Å². The highest BCUT2D eigenvalue weighted by atomic mass is 35.5. The molecule has 1 aromatic carbocycles. The first-order chi connectivity index (χ1) is 5.27. The Morgan fingerprint density at radius 3 is 2.82 bits per heavy atom. The number of methoxy groups -OCH3 is 1. The van der Waals surface area contributed by atoms with Crippen molar-refractivity contribution in [1.82, 2.24) is 0 Å². The summed E-state index contributed by atoms with van der Waals surface area (Å²) in [6, 6.07) is 4.29.